The SMILES string of the molecule is Cc1ccc(N2CCN(C)CC2C(=O)O)cc1. The lowest BCUT2D eigenvalue weighted by molar-refractivity contribution is -0.139. The Balaban J connectivity index is 2.23. The summed E-state index contributed by atoms with van der Waals surface area (Å²) in [4.78, 5) is 15.3. The molecule has 1 aromatic carbocycles. The van der Waals surface area contributed by atoms with Crippen molar-refractivity contribution in [3.05, 3.63) is 29.8 Å². The van der Waals surface area contributed by atoms with Gasteiger partial charge >= 0.3 is 5.97 Å². The van der Waals surface area contributed by atoms with Crippen LogP contribution in [0.4, 0.5) is 5.69 Å². The van der Waals surface area contributed by atoms with Crippen molar-refractivity contribution in [3.63, 3.8) is 0 Å². The first-order valence-corrected chi connectivity index (χ1v) is 5.82. The molecule has 1 unspecified atom stereocenters. The fraction of sp³-hybridized carbons (Fsp3) is 0.462. The van der Waals surface area contributed by atoms with E-state index in [2.05, 4.69) is 4.90 Å². The van der Waals surface area contributed by atoms with Gasteiger partial charge in [-0.3, -0.25) is 0 Å². The molecule has 1 aromatic rings. The predicted octanol–water partition coefficient (Wildman–Crippen LogP) is 1.20. The minimum Gasteiger partial charge on any atom is -0.480 e. The lowest BCUT2D eigenvalue weighted by Gasteiger charge is -2.39. The number of carbonyl (C=O) groups is 1. The molecular formula is C13H18N2O2. The average molecular weight is 234 g/mol. The minimum absolute atomic E-state index is 0.448. The van der Waals surface area contributed by atoms with Gasteiger partial charge in [-0.15, -0.1) is 0 Å². The van der Waals surface area contributed by atoms with Crippen molar-refractivity contribution < 1.29 is 9.90 Å². The number of hydrogen-bond acceptors (Lipinski definition) is 3. The number of aliphatic carboxylic acids is 1. The first-order valence-electron chi connectivity index (χ1n) is 5.82. The van der Waals surface area contributed by atoms with Gasteiger partial charge in [0.25, 0.3) is 0 Å². The molecule has 2 rings (SSSR count). The van der Waals surface area contributed by atoms with Gasteiger partial charge < -0.3 is 14.9 Å². The van der Waals surface area contributed by atoms with Gasteiger partial charge in [0.05, 0.1) is 0 Å². The van der Waals surface area contributed by atoms with Crippen LogP contribution >= 0.6 is 0 Å². The number of carboxylic acids is 1. The molecule has 0 aliphatic carbocycles. The topological polar surface area (TPSA) is 43.8 Å². The number of carboxylic acid groups (broad SMARTS) is 1. The summed E-state index contributed by atoms with van der Waals surface area (Å²) in [7, 11) is 1.96. The molecular weight excluding hydrogens is 216 g/mol. The van der Waals surface area contributed by atoms with Gasteiger partial charge in [-0.1, -0.05) is 17.7 Å². The van der Waals surface area contributed by atoms with Crippen LogP contribution in [-0.4, -0.2) is 48.7 Å². The highest BCUT2D eigenvalue weighted by Crippen LogP contribution is 2.20. The zero-order chi connectivity index (χ0) is 12.4. The zero-order valence-corrected chi connectivity index (χ0v) is 10.3. The Morgan fingerprint density at radius 3 is 2.53 bits per heavy atom. The Bertz CT molecular complexity index is 402. The van der Waals surface area contributed by atoms with Crippen LogP contribution in [0.3, 0.4) is 0 Å². The normalized spacial score (nSPS) is 21.5. The lowest BCUT2D eigenvalue weighted by atomic mass is 10.1. The van der Waals surface area contributed by atoms with E-state index in [1.807, 2.05) is 43.1 Å². The van der Waals surface area contributed by atoms with Crippen molar-refractivity contribution in [2.24, 2.45) is 0 Å². The quantitative estimate of drug-likeness (QED) is 0.835. The molecule has 92 valence electrons. The van der Waals surface area contributed by atoms with E-state index in [0.29, 0.717) is 6.54 Å². The number of rotatable bonds is 2. The van der Waals surface area contributed by atoms with Crippen LogP contribution in [0.5, 0.6) is 0 Å². The summed E-state index contributed by atoms with van der Waals surface area (Å²) in [5, 5.41) is 9.27. The Morgan fingerprint density at radius 1 is 1.29 bits per heavy atom. The smallest absolute Gasteiger partial charge is 0.327 e. The first kappa shape index (κ1) is 11.9. The van der Waals surface area contributed by atoms with Crippen molar-refractivity contribution in [1.29, 1.82) is 0 Å². The molecule has 0 amide bonds. The van der Waals surface area contributed by atoms with E-state index in [-0.39, 0.29) is 0 Å². The number of hydrogen-bond donors (Lipinski definition) is 1. The molecule has 1 heterocycles. The van der Waals surface area contributed by atoms with Crippen LogP contribution in [0.2, 0.25) is 0 Å². The van der Waals surface area contributed by atoms with Crippen molar-refractivity contribution in [3.8, 4) is 0 Å². The van der Waals surface area contributed by atoms with E-state index in [1.54, 1.807) is 0 Å². The van der Waals surface area contributed by atoms with Crippen molar-refractivity contribution in [2.75, 3.05) is 31.6 Å². The zero-order valence-electron chi connectivity index (χ0n) is 10.3. The van der Waals surface area contributed by atoms with E-state index < -0.39 is 12.0 Å². The third-order valence-corrected chi connectivity index (χ3v) is 3.23. The number of piperazine rings is 1. The van der Waals surface area contributed by atoms with E-state index >= 15 is 0 Å². The standard InChI is InChI=1S/C13H18N2O2/c1-10-3-5-11(6-4-10)15-8-7-14(2)9-12(15)13(16)17/h3-6,12H,7-9H2,1-2H3,(H,16,17). The third-order valence-electron chi connectivity index (χ3n) is 3.23. The Morgan fingerprint density at radius 2 is 1.94 bits per heavy atom. The van der Waals surface area contributed by atoms with Crippen LogP contribution in [-0.2, 0) is 4.79 Å². The predicted molar refractivity (Wildman–Crippen MR) is 67.4 cm³/mol. The number of benzene rings is 1. The van der Waals surface area contributed by atoms with E-state index in [0.717, 1.165) is 18.8 Å². The van der Waals surface area contributed by atoms with Crippen molar-refractivity contribution in [1.82, 2.24) is 4.90 Å². The molecule has 4 heteroatoms. The molecule has 1 N–H and O–H groups in total. The Labute approximate surface area is 101 Å². The molecule has 1 fully saturated rings. The highest BCUT2D eigenvalue weighted by Gasteiger charge is 2.30. The second-order valence-electron chi connectivity index (χ2n) is 4.65. The fourth-order valence-electron chi connectivity index (χ4n) is 2.18. The van der Waals surface area contributed by atoms with Gasteiger partial charge in [0.15, 0.2) is 0 Å². The highest BCUT2D eigenvalue weighted by atomic mass is 16.4. The van der Waals surface area contributed by atoms with E-state index in [1.165, 1.54) is 5.56 Å². The monoisotopic (exact) mass is 234 g/mol. The van der Waals surface area contributed by atoms with Gasteiger partial charge in [0.1, 0.15) is 6.04 Å². The maximum absolute atomic E-state index is 11.3. The number of aryl methyl sites for hydroxylation is 1. The largest absolute Gasteiger partial charge is 0.480 e. The molecule has 17 heavy (non-hydrogen) atoms. The molecule has 0 aromatic heterocycles. The van der Waals surface area contributed by atoms with Crippen LogP contribution in [0, 0.1) is 6.92 Å². The van der Waals surface area contributed by atoms with Gasteiger partial charge in [0, 0.05) is 25.3 Å². The van der Waals surface area contributed by atoms with Crippen LogP contribution in [0.15, 0.2) is 24.3 Å². The molecule has 1 aliphatic heterocycles. The summed E-state index contributed by atoms with van der Waals surface area (Å²) in [6.45, 7) is 4.26. The third kappa shape index (κ3) is 2.58. The molecule has 1 aliphatic rings. The summed E-state index contributed by atoms with van der Waals surface area (Å²) in [6, 6.07) is 7.59. The van der Waals surface area contributed by atoms with Crippen molar-refractivity contribution >= 4 is 11.7 Å². The van der Waals surface area contributed by atoms with E-state index in [9.17, 15) is 9.90 Å². The van der Waals surface area contributed by atoms with Crippen LogP contribution in [0.1, 0.15) is 5.56 Å². The van der Waals surface area contributed by atoms with Gasteiger partial charge in [-0.05, 0) is 26.1 Å². The van der Waals surface area contributed by atoms with Crippen LogP contribution in [0.25, 0.3) is 0 Å². The number of likely N-dealkylation sites (N-methyl/N-ethyl adjacent to an activating group) is 1. The Kier molecular flexibility index (Phi) is 3.33. The highest BCUT2D eigenvalue weighted by molar-refractivity contribution is 5.79. The molecule has 1 atom stereocenters. The van der Waals surface area contributed by atoms with E-state index in [4.69, 9.17) is 0 Å². The van der Waals surface area contributed by atoms with Crippen LogP contribution < -0.4 is 4.90 Å². The fourth-order valence-corrected chi connectivity index (χ4v) is 2.18. The average Bonchev–Trinajstić information content (AvgIpc) is 2.30. The summed E-state index contributed by atoms with van der Waals surface area (Å²) in [6.07, 6.45) is 0. The summed E-state index contributed by atoms with van der Waals surface area (Å²) in [5.74, 6) is -0.753. The summed E-state index contributed by atoms with van der Waals surface area (Å²) < 4.78 is 0. The van der Waals surface area contributed by atoms with Gasteiger partial charge in [-0.2, -0.15) is 0 Å². The van der Waals surface area contributed by atoms with Gasteiger partial charge in [-0.25, -0.2) is 4.79 Å². The molecule has 4 nitrogen and oxygen atoms in total. The second kappa shape index (κ2) is 4.75. The minimum atomic E-state index is -0.753. The van der Waals surface area contributed by atoms with Gasteiger partial charge in [0.2, 0.25) is 0 Å². The first-order chi connectivity index (χ1) is 8.08. The molecule has 0 saturated carbocycles. The second-order valence-corrected chi connectivity index (χ2v) is 4.65. The summed E-state index contributed by atoms with van der Waals surface area (Å²) >= 11 is 0. The number of nitrogens with zero attached hydrogens (tertiary/aromatic N) is 2. The maximum atomic E-state index is 11.3. The molecule has 1 saturated heterocycles. The Hall–Kier alpha value is -1.55. The molecule has 0 radical (unpaired) electrons. The summed E-state index contributed by atoms with van der Waals surface area (Å²) in [5.41, 5.74) is 2.19. The number of anilines is 1. The molecule has 0 spiro atoms. The van der Waals surface area contributed by atoms with Crippen molar-refractivity contribution in [2.45, 2.75) is 13.0 Å². The maximum Gasteiger partial charge on any atom is 0.327 e. The molecule has 0 bridgehead atoms. The lowest BCUT2D eigenvalue weighted by Crippen LogP contribution is -2.55.